The van der Waals surface area contributed by atoms with Crippen LogP contribution in [0.1, 0.15) is 12.8 Å². The second-order valence-corrected chi connectivity index (χ2v) is 4.26. The van der Waals surface area contributed by atoms with Crippen molar-refractivity contribution >= 4 is 22.0 Å². The van der Waals surface area contributed by atoms with Gasteiger partial charge in [-0.3, -0.25) is 0 Å². The van der Waals surface area contributed by atoms with Crippen LogP contribution in [-0.4, -0.2) is 49.1 Å². The SMILES string of the molecule is COC(=O)NC1CCN(CCCBr)C1. The monoisotopic (exact) mass is 264 g/mol. The summed E-state index contributed by atoms with van der Waals surface area (Å²) in [6.07, 6.45) is 1.86. The van der Waals surface area contributed by atoms with Gasteiger partial charge in [0, 0.05) is 24.5 Å². The molecule has 5 heteroatoms. The van der Waals surface area contributed by atoms with Crippen molar-refractivity contribution in [3.8, 4) is 0 Å². The maximum Gasteiger partial charge on any atom is 0.407 e. The van der Waals surface area contributed by atoms with Crippen molar-refractivity contribution in [1.29, 1.82) is 0 Å². The topological polar surface area (TPSA) is 41.6 Å². The normalized spacial score (nSPS) is 22.3. The van der Waals surface area contributed by atoms with Crippen molar-refractivity contribution in [3.05, 3.63) is 0 Å². The van der Waals surface area contributed by atoms with E-state index < -0.39 is 0 Å². The average Bonchev–Trinajstić information content (AvgIpc) is 2.62. The van der Waals surface area contributed by atoms with E-state index in [1.807, 2.05) is 0 Å². The van der Waals surface area contributed by atoms with Crippen LogP contribution in [0.4, 0.5) is 4.79 Å². The van der Waals surface area contributed by atoms with Crippen molar-refractivity contribution in [2.24, 2.45) is 0 Å². The van der Waals surface area contributed by atoms with Gasteiger partial charge >= 0.3 is 6.09 Å². The molecule has 0 radical (unpaired) electrons. The highest BCUT2D eigenvalue weighted by atomic mass is 79.9. The van der Waals surface area contributed by atoms with Crippen LogP contribution in [0.5, 0.6) is 0 Å². The minimum absolute atomic E-state index is 0.262. The minimum Gasteiger partial charge on any atom is -0.453 e. The van der Waals surface area contributed by atoms with Crippen LogP contribution in [0, 0.1) is 0 Å². The number of ether oxygens (including phenoxy) is 1. The fourth-order valence-electron chi connectivity index (χ4n) is 1.66. The van der Waals surface area contributed by atoms with E-state index in [0.717, 1.165) is 37.8 Å². The second kappa shape index (κ2) is 6.24. The quantitative estimate of drug-likeness (QED) is 0.777. The Kier molecular flexibility index (Phi) is 5.25. The zero-order valence-corrected chi connectivity index (χ0v) is 10.0. The summed E-state index contributed by atoms with van der Waals surface area (Å²) in [5.74, 6) is 0. The summed E-state index contributed by atoms with van der Waals surface area (Å²) in [5.41, 5.74) is 0. The molecule has 1 heterocycles. The van der Waals surface area contributed by atoms with E-state index in [-0.39, 0.29) is 12.1 Å². The standard InChI is InChI=1S/C9H17BrN2O2/c1-14-9(13)11-8-3-6-12(7-8)5-2-4-10/h8H,2-7H2,1H3,(H,11,13). The Morgan fingerprint density at radius 2 is 2.50 bits per heavy atom. The van der Waals surface area contributed by atoms with E-state index in [4.69, 9.17) is 0 Å². The number of nitrogens with zero attached hydrogens (tertiary/aromatic N) is 1. The Morgan fingerprint density at radius 1 is 1.71 bits per heavy atom. The number of amides is 1. The molecule has 0 aromatic heterocycles. The van der Waals surface area contributed by atoms with Gasteiger partial charge in [0.2, 0.25) is 0 Å². The Labute approximate surface area is 93.1 Å². The van der Waals surface area contributed by atoms with E-state index in [0.29, 0.717) is 0 Å². The number of hydrogen-bond acceptors (Lipinski definition) is 3. The fourth-order valence-corrected chi connectivity index (χ4v) is 1.91. The number of methoxy groups -OCH3 is 1. The third-order valence-corrected chi connectivity index (χ3v) is 2.95. The summed E-state index contributed by atoms with van der Waals surface area (Å²) in [6.45, 7) is 3.12. The summed E-state index contributed by atoms with van der Waals surface area (Å²) in [4.78, 5) is 13.3. The van der Waals surface area contributed by atoms with Gasteiger partial charge in [-0.05, 0) is 19.4 Å². The summed E-state index contributed by atoms with van der Waals surface area (Å²) in [5, 5.41) is 3.86. The predicted octanol–water partition coefficient (Wildman–Crippen LogP) is 1.20. The molecule has 1 amide bonds. The summed E-state index contributed by atoms with van der Waals surface area (Å²) in [7, 11) is 1.40. The number of carbonyl (C=O) groups excluding carboxylic acids is 1. The average molecular weight is 265 g/mol. The zero-order chi connectivity index (χ0) is 10.4. The fraction of sp³-hybridized carbons (Fsp3) is 0.889. The van der Waals surface area contributed by atoms with Gasteiger partial charge in [0.15, 0.2) is 0 Å². The third-order valence-electron chi connectivity index (χ3n) is 2.39. The van der Waals surface area contributed by atoms with Gasteiger partial charge in [-0.15, -0.1) is 0 Å². The van der Waals surface area contributed by atoms with E-state index >= 15 is 0 Å². The Hall–Kier alpha value is -0.290. The highest BCUT2D eigenvalue weighted by Crippen LogP contribution is 2.09. The number of likely N-dealkylation sites (tertiary alicyclic amines) is 1. The first-order valence-corrected chi connectivity index (χ1v) is 6.01. The van der Waals surface area contributed by atoms with Gasteiger partial charge in [0.1, 0.15) is 0 Å². The molecule has 1 fully saturated rings. The first kappa shape index (κ1) is 11.8. The molecule has 1 atom stereocenters. The molecule has 1 rings (SSSR count). The number of alkyl carbamates (subject to hydrolysis) is 1. The van der Waals surface area contributed by atoms with Gasteiger partial charge in [0.25, 0.3) is 0 Å². The van der Waals surface area contributed by atoms with Gasteiger partial charge in [0.05, 0.1) is 7.11 Å². The number of alkyl halides is 1. The van der Waals surface area contributed by atoms with Crippen molar-refractivity contribution in [1.82, 2.24) is 10.2 Å². The molecule has 0 saturated carbocycles. The molecule has 0 aromatic rings. The van der Waals surface area contributed by atoms with Crippen LogP contribution in [0.15, 0.2) is 0 Å². The summed E-state index contributed by atoms with van der Waals surface area (Å²) >= 11 is 3.41. The van der Waals surface area contributed by atoms with Crippen molar-refractivity contribution in [2.75, 3.05) is 32.1 Å². The lowest BCUT2D eigenvalue weighted by Crippen LogP contribution is -2.37. The molecule has 1 aliphatic heterocycles. The molecule has 82 valence electrons. The van der Waals surface area contributed by atoms with Gasteiger partial charge in [-0.25, -0.2) is 4.79 Å². The van der Waals surface area contributed by atoms with Crippen LogP contribution in [0.2, 0.25) is 0 Å². The van der Waals surface area contributed by atoms with E-state index in [2.05, 4.69) is 30.9 Å². The largest absolute Gasteiger partial charge is 0.453 e. The highest BCUT2D eigenvalue weighted by Gasteiger charge is 2.23. The van der Waals surface area contributed by atoms with Gasteiger partial charge < -0.3 is 15.0 Å². The molecule has 0 aromatic carbocycles. The molecule has 0 spiro atoms. The van der Waals surface area contributed by atoms with E-state index in [1.54, 1.807) is 0 Å². The molecule has 1 saturated heterocycles. The van der Waals surface area contributed by atoms with Crippen LogP contribution < -0.4 is 5.32 Å². The lowest BCUT2D eigenvalue weighted by molar-refractivity contribution is 0.166. The Bertz CT molecular complexity index is 190. The van der Waals surface area contributed by atoms with Crippen LogP contribution in [0.25, 0.3) is 0 Å². The van der Waals surface area contributed by atoms with Crippen LogP contribution in [0.3, 0.4) is 0 Å². The number of hydrogen-bond donors (Lipinski definition) is 1. The number of nitrogens with one attached hydrogen (secondary N) is 1. The van der Waals surface area contributed by atoms with Crippen molar-refractivity contribution in [3.63, 3.8) is 0 Å². The summed E-state index contributed by atoms with van der Waals surface area (Å²) < 4.78 is 4.55. The molecule has 1 unspecified atom stereocenters. The molecule has 1 aliphatic rings. The Balaban J connectivity index is 2.17. The predicted molar refractivity (Wildman–Crippen MR) is 58.8 cm³/mol. The Morgan fingerprint density at radius 3 is 3.14 bits per heavy atom. The maximum absolute atomic E-state index is 10.9. The van der Waals surface area contributed by atoms with Crippen LogP contribution >= 0.6 is 15.9 Å². The first-order valence-electron chi connectivity index (χ1n) is 4.89. The second-order valence-electron chi connectivity index (χ2n) is 3.46. The molecule has 14 heavy (non-hydrogen) atoms. The van der Waals surface area contributed by atoms with Gasteiger partial charge in [-0.2, -0.15) is 0 Å². The molecular weight excluding hydrogens is 248 g/mol. The minimum atomic E-state index is -0.322. The van der Waals surface area contributed by atoms with Crippen LogP contribution in [-0.2, 0) is 4.74 Å². The number of halogens is 1. The number of rotatable bonds is 4. The molecule has 0 aliphatic carbocycles. The van der Waals surface area contributed by atoms with Gasteiger partial charge in [-0.1, -0.05) is 15.9 Å². The number of carbonyl (C=O) groups is 1. The highest BCUT2D eigenvalue weighted by molar-refractivity contribution is 9.09. The lowest BCUT2D eigenvalue weighted by Gasteiger charge is -2.15. The van der Waals surface area contributed by atoms with E-state index in [9.17, 15) is 4.79 Å². The molecular formula is C9H17BrN2O2. The summed E-state index contributed by atoms with van der Waals surface area (Å²) in [6, 6.07) is 0.262. The lowest BCUT2D eigenvalue weighted by atomic mass is 10.3. The zero-order valence-electron chi connectivity index (χ0n) is 8.46. The maximum atomic E-state index is 10.9. The molecule has 1 N–H and O–H groups in total. The third kappa shape index (κ3) is 3.84. The van der Waals surface area contributed by atoms with E-state index in [1.165, 1.54) is 7.11 Å². The van der Waals surface area contributed by atoms with Crippen molar-refractivity contribution < 1.29 is 9.53 Å². The smallest absolute Gasteiger partial charge is 0.407 e. The first-order chi connectivity index (χ1) is 6.76. The molecule has 4 nitrogen and oxygen atoms in total. The van der Waals surface area contributed by atoms with Crippen molar-refractivity contribution in [2.45, 2.75) is 18.9 Å². The molecule has 0 bridgehead atoms.